The van der Waals surface area contributed by atoms with E-state index in [-0.39, 0.29) is 12.0 Å². The van der Waals surface area contributed by atoms with E-state index in [1.165, 1.54) is 6.92 Å². The molecule has 2 amide bonds. The number of carbonyl (C=O) groups is 2. The number of nitrogens with one attached hydrogen (secondary N) is 2. The van der Waals surface area contributed by atoms with Crippen molar-refractivity contribution >= 4 is 17.5 Å². The van der Waals surface area contributed by atoms with E-state index in [1.807, 2.05) is 32.9 Å². The van der Waals surface area contributed by atoms with Gasteiger partial charge >= 0.3 is 11.8 Å². The topological polar surface area (TPSA) is 78.4 Å². The lowest BCUT2D eigenvalue weighted by Gasteiger charge is -2.22. The van der Waals surface area contributed by atoms with E-state index in [9.17, 15) is 9.59 Å². The molecule has 5 nitrogen and oxygen atoms in total. The van der Waals surface area contributed by atoms with Crippen LogP contribution in [0.2, 0.25) is 0 Å². The van der Waals surface area contributed by atoms with Gasteiger partial charge in [-0.2, -0.15) is 0 Å². The van der Waals surface area contributed by atoms with E-state index in [0.29, 0.717) is 5.69 Å². The molecule has 0 aromatic heterocycles. The molecule has 0 aliphatic rings. The van der Waals surface area contributed by atoms with Crippen LogP contribution in [0.4, 0.5) is 5.69 Å². The maximum atomic E-state index is 11.8. The Labute approximate surface area is 119 Å². The zero-order valence-electron chi connectivity index (χ0n) is 12.4. The molecule has 1 aromatic carbocycles. The SMILES string of the molecule is C[C@H](O)CNC(=O)C(=O)Nc1ccccc1C(C)(C)C. The van der Waals surface area contributed by atoms with Gasteiger partial charge in [-0.25, -0.2) is 0 Å². The monoisotopic (exact) mass is 278 g/mol. The van der Waals surface area contributed by atoms with Crippen molar-refractivity contribution in [1.82, 2.24) is 5.32 Å². The van der Waals surface area contributed by atoms with E-state index >= 15 is 0 Å². The molecule has 0 saturated carbocycles. The molecule has 1 aromatic rings. The van der Waals surface area contributed by atoms with E-state index in [4.69, 9.17) is 5.11 Å². The molecule has 0 fully saturated rings. The predicted molar refractivity (Wildman–Crippen MR) is 78.5 cm³/mol. The van der Waals surface area contributed by atoms with Crippen LogP contribution in [0.3, 0.4) is 0 Å². The second-order valence-electron chi connectivity index (χ2n) is 5.81. The largest absolute Gasteiger partial charge is 0.392 e. The van der Waals surface area contributed by atoms with E-state index in [2.05, 4.69) is 10.6 Å². The lowest BCUT2D eigenvalue weighted by Crippen LogP contribution is -2.39. The fourth-order valence-corrected chi connectivity index (χ4v) is 1.75. The van der Waals surface area contributed by atoms with Crippen molar-refractivity contribution in [3.8, 4) is 0 Å². The number of anilines is 1. The summed E-state index contributed by atoms with van der Waals surface area (Å²) >= 11 is 0. The summed E-state index contributed by atoms with van der Waals surface area (Å²) in [6.07, 6.45) is -0.686. The van der Waals surface area contributed by atoms with Crippen LogP contribution in [0.15, 0.2) is 24.3 Å². The number of hydrogen-bond donors (Lipinski definition) is 3. The molecule has 110 valence electrons. The number of hydrogen-bond acceptors (Lipinski definition) is 3. The average molecular weight is 278 g/mol. The van der Waals surface area contributed by atoms with Crippen LogP contribution < -0.4 is 10.6 Å². The van der Waals surface area contributed by atoms with Gasteiger partial charge in [-0.1, -0.05) is 39.0 Å². The van der Waals surface area contributed by atoms with Crippen LogP contribution >= 0.6 is 0 Å². The first-order valence-electron chi connectivity index (χ1n) is 6.58. The van der Waals surface area contributed by atoms with Gasteiger partial charge in [-0.3, -0.25) is 9.59 Å². The minimum atomic E-state index is -0.755. The van der Waals surface area contributed by atoms with Gasteiger partial charge in [0.25, 0.3) is 0 Å². The zero-order chi connectivity index (χ0) is 15.3. The van der Waals surface area contributed by atoms with Gasteiger partial charge in [0.15, 0.2) is 0 Å². The van der Waals surface area contributed by atoms with E-state index in [0.717, 1.165) is 5.56 Å². The summed E-state index contributed by atoms with van der Waals surface area (Å²) in [5, 5.41) is 14.0. The molecule has 20 heavy (non-hydrogen) atoms. The number of carbonyl (C=O) groups excluding carboxylic acids is 2. The molecule has 5 heteroatoms. The van der Waals surface area contributed by atoms with Gasteiger partial charge in [0.1, 0.15) is 0 Å². The van der Waals surface area contributed by atoms with Crippen molar-refractivity contribution < 1.29 is 14.7 Å². The van der Waals surface area contributed by atoms with Gasteiger partial charge in [0, 0.05) is 12.2 Å². The minimum Gasteiger partial charge on any atom is -0.392 e. The number of benzene rings is 1. The van der Waals surface area contributed by atoms with Crippen molar-refractivity contribution in [2.45, 2.75) is 39.2 Å². The Hall–Kier alpha value is -1.88. The summed E-state index contributed by atoms with van der Waals surface area (Å²) < 4.78 is 0. The number of aliphatic hydroxyl groups is 1. The first kappa shape index (κ1) is 16.2. The summed E-state index contributed by atoms with van der Waals surface area (Å²) in [4.78, 5) is 23.4. The van der Waals surface area contributed by atoms with Crippen LogP contribution in [0.5, 0.6) is 0 Å². The molecule has 1 atom stereocenters. The molecule has 0 bridgehead atoms. The fraction of sp³-hybridized carbons (Fsp3) is 0.467. The van der Waals surface area contributed by atoms with E-state index < -0.39 is 17.9 Å². The zero-order valence-corrected chi connectivity index (χ0v) is 12.4. The van der Waals surface area contributed by atoms with Crippen molar-refractivity contribution in [1.29, 1.82) is 0 Å². The lowest BCUT2D eigenvalue weighted by molar-refractivity contribution is -0.136. The number of amides is 2. The first-order valence-corrected chi connectivity index (χ1v) is 6.58. The summed E-state index contributed by atoms with van der Waals surface area (Å²) in [7, 11) is 0. The quantitative estimate of drug-likeness (QED) is 0.732. The first-order chi connectivity index (χ1) is 9.21. The molecule has 0 aliphatic carbocycles. The molecule has 0 unspecified atom stereocenters. The maximum Gasteiger partial charge on any atom is 0.313 e. The second-order valence-corrected chi connectivity index (χ2v) is 5.81. The Morgan fingerprint density at radius 1 is 1.20 bits per heavy atom. The molecule has 0 heterocycles. The summed E-state index contributed by atoms with van der Waals surface area (Å²) in [5.41, 5.74) is 1.44. The molecule has 0 radical (unpaired) electrons. The molecular formula is C15H22N2O3. The van der Waals surface area contributed by atoms with Crippen molar-refractivity contribution in [2.75, 3.05) is 11.9 Å². The highest BCUT2D eigenvalue weighted by Crippen LogP contribution is 2.29. The Bertz CT molecular complexity index is 490. The maximum absolute atomic E-state index is 11.8. The summed E-state index contributed by atoms with van der Waals surface area (Å²) in [5.74, 6) is -1.49. The lowest BCUT2D eigenvalue weighted by atomic mass is 9.86. The number of aliphatic hydroxyl groups excluding tert-OH is 1. The van der Waals surface area contributed by atoms with Crippen LogP contribution in [0.1, 0.15) is 33.3 Å². The second kappa shape index (κ2) is 6.52. The minimum absolute atomic E-state index is 0.0488. The third kappa shape index (κ3) is 4.66. The third-order valence-corrected chi connectivity index (χ3v) is 2.75. The van der Waals surface area contributed by atoms with Crippen molar-refractivity contribution in [2.24, 2.45) is 0 Å². The van der Waals surface area contributed by atoms with Crippen LogP contribution in [-0.2, 0) is 15.0 Å². The Balaban J connectivity index is 2.79. The highest BCUT2D eigenvalue weighted by molar-refractivity contribution is 6.39. The molecule has 0 saturated heterocycles. The molecular weight excluding hydrogens is 256 g/mol. The standard InChI is InChI=1S/C15H22N2O3/c1-10(18)9-16-13(19)14(20)17-12-8-6-5-7-11(12)15(2,3)4/h5-8,10,18H,9H2,1-4H3,(H,16,19)(H,17,20)/t10-/m0/s1. The highest BCUT2D eigenvalue weighted by Gasteiger charge is 2.20. The van der Waals surface area contributed by atoms with Gasteiger partial charge in [0.2, 0.25) is 0 Å². The van der Waals surface area contributed by atoms with Crippen LogP contribution in [0, 0.1) is 0 Å². The van der Waals surface area contributed by atoms with Gasteiger partial charge in [-0.15, -0.1) is 0 Å². The number of rotatable bonds is 3. The van der Waals surface area contributed by atoms with E-state index in [1.54, 1.807) is 12.1 Å². The third-order valence-electron chi connectivity index (χ3n) is 2.75. The molecule has 1 rings (SSSR count). The van der Waals surface area contributed by atoms with Gasteiger partial charge in [-0.05, 0) is 24.0 Å². The van der Waals surface area contributed by atoms with Crippen molar-refractivity contribution in [3.05, 3.63) is 29.8 Å². The molecule has 3 N–H and O–H groups in total. The summed E-state index contributed by atoms with van der Waals surface area (Å²) in [6, 6.07) is 7.38. The number of para-hydroxylation sites is 1. The molecule has 0 aliphatic heterocycles. The highest BCUT2D eigenvalue weighted by atomic mass is 16.3. The average Bonchev–Trinajstić information content (AvgIpc) is 2.35. The Morgan fingerprint density at radius 2 is 1.80 bits per heavy atom. The fourth-order valence-electron chi connectivity index (χ4n) is 1.75. The predicted octanol–water partition coefficient (Wildman–Crippen LogP) is 1.42. The van der Waals surface area contributed by atoms with Crippen LogP contribution in [-0.4, -0.2) is 29.6 Å². The Morgan fingerprint density at radius 3 is 2.35 bits per heavy atom. The molecule has 0 spiro atoms. The van der Waals surface area contributed by atoms with Crippen LogP contribution in [0.25, 0.3) is 0 Å². The summed E-state index contributed by atoms with van der Waals surface area (Å²) in [6.45, 7) is 7.68. The normalized spacial score (nSPS) is 12.7. The van der Waals surface area contributed by atoms with Gasteiger partial charge < -0.3 is 15.7 Å². The van der Waals surface area contributed by atoms with Gasteiger partial charge in [0.05, 0.1) is 6.10 Å². The van der Waals surface area contributed by atoms with Crippen molar-refractivity contribution in [3.63, 3.8) is 0 Å². The smallest absolute Gasteiger partial charge is 0.313 e. The Kier molecular flexibility index (Phi) is 5.27.